The van der Waals surface area contributed by atoms with E-state index < -0.39 is 5.91 Å². The molecule has 0 radical (unpaired) electrons. The van der Waals surface area contributed by atoms with Gasteiger partial charge in [-0.2, -0.15) is 0 Å². The third-order valence-corrected chi connectivity index (χ3v) is 3.85. The van der Waals surface area contributed by atoms with Gasteiger partial charge < -0.3 is 20.1 Å². The van der Waals surface area contributed by atoms with E-state index in [1.165, 1.54) is 0 Å². The van der Waals surface area contributed by atoms with Crippen LogP contribution in [0.15, 0.2) is 24.3 Å². The van der Waals surface area contributed by atoms with Gasteiger partial charge >= 0.3 is 0 Å². The molecule has 6 nitrogen and oxygen atoms in total. The van der Waals surface area contributed by atoms with Crippen molar-refractivity contribution >= 4 is 11.8 Å². The minimum absolute atomic E-state index is 0.0210. The molecule has 1 aliphatic heterocycles. The molecule has 2 N–H and O–H groups in total. The molecule has 0 aromatic heterocycles. The number of ether oxygens (including phenoxy) is 2. The zero-order valence-corrected chi connectivity index (χ0v) is 13.5. The molecule has 2 rings (SSSR count). The van der Waals surface area contributed by atoms with Crippen molar-refractivity contribution in [2.24, 2.45) is 11.7 Å². The van der Waals surface area contributed by atoms with E-state index in [1.807, 2.05) is 11.8 Å². The lowest BCUT2D eigenvalue weighted by Gasteiger charge is -2.32. The monoisotopic (exact) mass is 320 g/mol. The normalized spacial score (nSPS) is 17.8. The van der Waals surface area contributed by atoms with Crippen molar-refractivity contribution in [2.45, 2.75) is 19.8 Å². The fraction of sp³-hybridized carbons (Fsp3) is 0.529. The van der Waals surface area contributed by atoms with Crippen LogP contribution in [0, 0.1) is 5.92 Å². The van der Waals surface area contributed by atoms with E-state index in [2.05, 4.69) is 0 Å². The van der Waals surface area contributed by atoms with Gasteiger partial charge in [-0.3, -0.25) is 9.59 Å². The fourth-order valence-corrected chi connectivity index (χ4v) is 2.70. The summed E-state index contributed by atoms with van der Waals surface area (Å²) in [4.78, 5) is 25.1. The van der Waals surface area contributed by atoms with Crippen molar-refractivity contribution in [3.05, 3.63) is 29.8 Å². The van der Waals surface area contributed by atoms with E-state index >= 15 is 0 Å². The quantitative estimate of drug-likeness (QED) is 0.824. The van der Waals surface area contributed by atoms with Crippen molar-refractivity contribution in [3.63, 3.8) is 0 Å². The summed E-state index contributed by atoms with van der Waals surface area (Å²) in [5.74, 6) is 0.422. The number of piperidine rings is 1. The number of primary amides is 1. The second kappa shape index (κ2) is 8.53. The summed E-state index contributed by atoms with van der Waals surface area (Å²) in [6.45, 7) is 4.74. The first-order valence-corrected chi connectivity index (χ1v) is 7.98. The number of hydrogen-bond acceptors (Lipinski definition) is 4. The van der Waals surface area contributed by atoms with E-state index in [4.69, 9.17) is 15.2 Å². The molecular formula is C17H24N2O4. The predicted molar refractivity (Wildman–Crippen MR) is 86.3 cm³/mol. The maximum Gasteiger partial charge on any atom is 0.255 e. The van der Waals surface area contributed by atoms with Crippen LogP contribution in [0.5, 0.6) is 5.75 Å². The Bertz CT molecular complexity index is 530. The molecule has 1 aromatic rings. The fourth-order valence-electron chi connectivity index (χ4n) is 2.70. The number of rotatable bonds is 7. The van der Waals surface area contributed by atoms with E-state index in [-0.39, 0.29) is 12.5 Å². The molecule has 0 aliphatic carbocycles. The Hall–Kier alpha value is -2.08. The van der Waals surface area contributed by atoms with E-state index in [0.717, 1.165) is 25.9 Å². The Morgan fingerprint density at radius 3 is 2.70 bits per heavy atom. The Morgan fingerprint density at radius 2 is 2.04 bits per heavy atom. The number of benzene rings is 1. The molecule has 1 aliphatic rings. The summed E-state index contributed by atoms with van der Waals surface area (Å²) in [5.41, 5.74) is 5.65. The molecule has 2 amide bonds. The molecule has 0 saturated carbocycles. The molecule has 23 heavy (non-hydrogen) atoms. The van der Waals surface area contributed by atoms with E-state index in [1.54, 1.807) is 24.3 Å². The molecule has 1 aromatic carbocycles. The Morgan fingerprint density at radius 1 is 1.30 bits per heavy atom. The highest BCUT2D eigenvalue weighted by atomic mass is 16.5. The van der Waals surface area contributed by atoms with Crippen molar-refractivity contribution in [3.8, 4) is 5.75 Å². The number of carbonyl (C=O) groups is 2. The number of amides is 2. The minimum atomic E-state index is -0.529. The molecule has 1 fully saturated rings. The van der Waals surface area contributed by atoms with Gasteiger partial charge in [0, 0.05) is 25.3 Å². The Balaban J connectivity index is 1.92. The van der Waals surface area contributed by atoms with Gasteiger partial charge in [-0.05, 0) is 49.9 Å². The van der Waals surface area contributed by atoms with Gasteiger partial charge in [0.1, 0.15) is 5.75 Å². The maximum atomic E-state index is 12.6. The lowest BCUT2D eigenvalue weighted by Crippen LogP contribution is -2.41. The summed E-state index contributed by atoms with van der Waals surface area (Å²) in [5, 5.41) is 0. The first-order valence-electron chi connectivity index (χ1n) is 7.98. The van der Waals surface area contributed by atoms with Gasteiger partial charge in [-0.1, -0.05) is 0 Å². The summed E-state index contributed by atoms with van der Waals surface area (Å²) < 4.78 is 10.7. The highest BCUT2D eigenvalue weighted by Crippen LogP contribution is 2.20. The number of nitrogens with two attached hydrogens (primary N) is 1. The van der Waals surface area contributed by atoms with Crippen LogP contribution in [-0.4, -0.2) is 49.6 Å². The zero-order valence-electron chi connectivity index (χ0n) is 13.5. The molecule has 126 valence electrons. The van der Waals surface area contributed by atoms with Crippen LogP contribution < -0.4 is 10.5 Å². The van der Waals surface area contributed by atoms with Crippen LogP contribution >= 0.6 is 0 Å². The molecule has 1 saturated heterocycles. The van der Waals surface area contributed by atoms with E-state index in [9.17, 15) is 9.59 Å². The van der Waals surface area contributed by atoms with Crippen molar-refractivity contribution in [2.75, 3.05) is 32.9 Å². The lowest BCUT2D eigenvalue weighted by molar-refractivity contribution is -0.119. The third kappa shape index (κ3) is 5.25. The van der Waals surface area contributed by atoms with Gasteiger partial charge in [0.25, 0.3) is 11.8 Å². The summed E-state index contributed by atoms with van der Waals surface area (Å²) in [6, 6.07) is 6.78. The van der Waals surface area contributed by atoms with Crippen LogP contribution in [0.2, 0.25) is 0 Å². The first kappa shape index (κ1) is 17.3. The Kier molecular flexibility index (Phi) is 6.40. The van der Waals surface area contributed by atoms with Gasteiger partial charge in [-0.25, -0.2) is 0 Å². The standard InChI is InChI=1S/C17H24N2O4/c1-2-22-11-13-4-3-9-19(10-13)17(21)14-5-7-15(8-6-14)23-12-16(18)20/h5-8,13H,2-4,9-12H2,1H3,(H2,18,20). The van der Waals surface area contributed by atoms with Crippen LogP contribution in [0.3, 0.4) is 0 Å². The number of carbonyl (C=O) groups excluding carboxylic acids is 2. The summed E-state index contributed by atoms with van der Waals surface area (Å²) in [6.07, 6.45) is 2.10. The smallest absolute Gasteiger partial charge is 0.255 e. The zero-order chi connectivity index (χ0) is 16.7. The van der Waals surface area contributed by atoms with Crippen LogP contribution in [0.25, 0.3) is 0 Å². The highest BCUT2D eigenvalue weighted by molar-refractivity contribution is 5.94. The second-order valence-electron chi connectivity index (χ2n) is 5.70. The molecule has 1 unspecified atom stereocenters. The largest absolute Gasteiger partial charge is 0.484 e. The average Bonchev–Trinajstić information content (AvgIpc) is 2.58. The maximum absolute atomic E-state index is 12.6. The molecule has 1 atom stereocenters. The topological polar surface area (TPSA) is 81.9 Å². The highest BCUT2D eigenvalue weighted by Gasteiger charge is 2.24. The van der Waals surface area contributed by atoms with Gasteiger partial charge in [0.15, 0.2) is 6.61 Å². The summed E-state index contributed by atoms with van der Waals surface area (Å²) >= 11 is 0. The lowest BCUT2D eigenvalue weighted by atomic mass is 9.98. The van der Waals surface area contributed by atoms with E-state index in [0.29, 0.717) is 30.4 Å². The van der Waals surface area contributed by atoms with Gasteiger partial charge in [-0.15, -0.1) is 0 Å². The number of hydrogen-bond donors (Lipinski definition) is 1. The first-order chi connectivity index (χ1) is 11.1. The van der Waals surface area contributed by atoms with Gasteiger partial charge in [0.05, 0.1) is 6.61 Å². The molecular weight excluding hydrogens is 296 g/mol. The number of nitrogens with zero attached hydrogens (tertiary/aromatic N) is 1. The molecule has 0 bridgehead atoms. The molecule has 0 spiro atoms. The van der Waals surface area contributed by atoms with Gasteiger partial charge in [0.2, 0.25) is 0 Å². The third-order valence-electron chi connectivity index (χ3n) is 3.85. The Labute approximate surface area is 136 Å². The predicted octanol–water partition coefficient (Wildman–Crippen LogP) is 1.44. The molecule has 1 heterocycles. The summed E-state index contributed by atoms with van der Waals surface area (Å²) in [7, 11) is 0. The average molecular weight is 320 g/mol. The van der Waals surface area contributed by atoms with Crippen LogP contribution in [-0.2, 0) is 9.53 Å². The van der Waals surface area contributed by atoms with Crippen molar-refractivity contribution in [1.82, 2.24) is 4.90 Å². The number of likely N-dealkylation sites (tertiary alicyclic amines) is 1. The second-order valence-corrected chi connectivity index (χ2v) is 5.70. The van der Waals surface area contributed by atoms with Crippen LogP contribution in [0.4, 0.5) is 0 Å². The van der Waals surface area contributed by atoms with Crippen molar-refractivity contribution in [1.29, 1.82) is 0 Å². The van der Waals surface area contributed by atoms with Crippen molar-refractivity contribution < 1.29 is 19.1 Å². The SMILES string of the molecule is CCOCC1CCCN(C(=O)c2ccc(OCC(N)=O)cc2)C1. The molecule has 6 heteroatoms. The van der Waals surface area contributed by atoms with Crippen LogP contribution in [0.1, 0.15) is 30.1 Å². The minimum Gasteiger partial charge on any atom is -0.484 e.